The average Bonchev–Trinajstić information content (AvgIpc) is 2.16. The predicted molar refractivity (Wildman–Crippen MR) is 70.9 cm³/mol. The molecule has 1 heterocycles. The van der Waals surface area contributed by atoms with Crippen LogP contribution in [0.4, 0.5) is 11.5 Å². The van der Waals surface area contributed by atoms with Crippen molar-refractivity contribution < 1.29 is 5.11 Å². The number of rotatable bonds is 5. The molecule has 0 aliphatic carbocycles. The molecule has 0 fully saturated rings. The predicted octanol–water partition coefficient (Wildman–Crippen LogP) is 1.50. The number of nitrogens with two attached hydrogens (primary N) is 1. The molecule has 4 N–H and O–H groups in total. The molecule has 90 valence electrons. The van der Waals surface area contributed by atoms with E-state index >= 15 is 0 Å². The topological polar surface area (TPSA) is 71.2 Å². The molecule has 1 unspecified atom stereocenters. The highest BCUT2D eigenvalue weighted by Gasteiger charge is 2.19. The van der Waals surface area contributed by atoms with E-state index < -0.39 is 5.60 Å². The van der Waals surface area contributed by atoms with Crippen LogP contribution in [0.1, 0.15) is 12.5 Å². The minimum absolute atomic E-state index is 0.478. The lowest BCUT2D eigenvalue weighted by Gasteiger charge is -2.23. The Morgan fingerprint density at radius 2 is 2.31 bits per heavy atom. The van der Waals surface area contributed by atoms with Gasteiger partial charge in [-0.05, 0) is 31.7 Å². The zero-order chi connectivity index (χ0) is 12.2. The van der Waals surface area contributed by atoms with Crippen LogP contribution in [0.25, 0.3) is 0 Å². The number of pyridine rings is 1. The Hall–Kier alpha value is -0.940. The molecule has 1 atom stereocenters. The average molecular weight is 241 g/mol. The summed E-state index contributed by atoms with van der Waals surface area (Å²) < 4.78 is 0. The molecule has 1 aromatic heterocycles. The van der Waals surface area contributed by atoms with E-state index in [0.29, 0.717) is 18.0 Å². The van der Waals surface area contributed by atoms with Crippen LogP contribution >= 0.6 is 11.8 Å². The second kappa shape index (κ2) is 5.41. The highest BCUT2D eigenvalue weighted by Crippen LogP contribution is 2.16. The van der Waals surface area contributed by atoms with Gasteiger partial charge in [-0.25, -0.2) is 4.98 Å². The van der Waals surface area contributed by atoms with Gasteiger partial charge in [-0.1, -0.05) is 0 Å². The summed E-state index contributed by atoms with van der Waals surface area (Å²) in [4.78, 5) is 4.19. The van der Waals surface area contributed by atoms with E-state index in [1.807, 2.05) is 26.2 Å². The van der Waals surface area contributed by atoms with Crippen LogP contribution in [0.5, 0.6) is 0 Å². The normalized spacial score (nSPS) is 14.5. The van der Waals surface area contributed by atoms with Gasteiger partial charge in [0.2, 0.25) is 0 Å². The maximum absolute atomic E-state index is 9.99. The second-order valence-electron chi connectivity index (χ2n) is 4.22. The van der Waals surface area contributed by atoms with Crippen molar-refractivity contribution in [2.24, 2.45) is 0 Å². The number of anilines is 2. The second-order valence-corrected chi connectivity index (χ2v) is 5.08. The number of nitrogens with one attached hydrogen (secondary N) is 1. The standard InChI is InChI=1S/C11H19N3OS/c1-8-4-9(12)5-13-10(8)14-6-11(2,15)7-16-3/h4-5,15H,6-7,12H2,1-3H3,(H,13,14). The summed E-state index contributed by atoms with van der Waals surface area (Å²) in [6.07, 6.45) is 3.58. The van der Waals surface area contributed by atoms with Crippen molar-refractivity contribution in [2.45, 2.75) is 19.4 Å². The molecule has 0 amide bonds. The quantitative estimate of drug-likeness (QED) is 0.728. The van der Waals surface area contributed by atoms with Gasteiger partial charge in [0.05, 0.1) is 17.5 Å². The Labute approximate surface area is 101 Å². The summed E-state index contributed by atoms with van der Waals surface area (Å²) in [6.45, 7) is 4.23. The molecule has 0 bridgehead atoms. The van der Waals surface area contributed by atoms with E-state index in [1.54, 1.807) is 18.0 Å². The number of nitrogens with zero attached hydrogens (tertiary/aromatic N) is 1. The Bertz CT molecular complexity index is 355. The first-order chi connectivity index (χ1) is 7.44. The summed E-state index contributed by atoms with van der Waals surface area (Å²) in [5.41, 5.74) is 6.52. The molecular formula is C11H19N3OS. The van der Waals surface area contributed by atoms with Crippen LogP contribution in [0.2, 0.25) is 0 Å². The van der Waals surface area contributed by atoms with Crippen molar-refractivity contribution in [2.75, 3.05) is 29.6 Å². The van der Waals surface area contributed by atoms with Gasteiger partial charge in [0, 0.05) is 12.3 Å². The van der Waals surface area contributed by atoms with Gasteiger partial charge in [0.15, 0.2) is 0 Å². The van der Waals surface area contributed by atoms with E-state index in [1.165, 1.54) is 0 Å². The third-order valence-corrected chi connectivity index (χ3v) is 3.10. The van der Waals surface area contributed by atoms with E-state index in [-0.39, 0.29) is 0 Å². The van der Waals surface area contributed by atoms with Crippen molar-refractivity contribution in [3.63, 3.8) is 0 Å². The van der Waals surface area contributed by atoms with Crippen LogP contribution in [0.3, 0.4) is 0 Å². The fourth-order valence-electron chi connectivity index (χ4n) is 1.42. The van der Waals surface area contributed by atoms with Gasteiger partial charge < -0.3 is 16.2 Å². The fraction of sp³-hybridized carbons (Fsp3) is 0.545. The van der Waals surface area contributed by atoms with Crippen molar-refractivity contribution in [1.82, 2.24) is 4.98 Å². The van der Waals surface area contributed by atoms with Crippen LogP contribution in [0, 0.1) is 6.92 Å². The molecule has 4 nitrogen and oxygen atoms in total. The van der Waals surface area contributed by atoms with E-state index in [4.69, 9.17) is 5.73 Å². The zero-order valence-corrected chi connectivity index (χ0v) is 10.8. The van der Waals surface area contributed by atoms with E-state index in [2.05, 4.69) is 10.3 Å². The Morgan fingerprint density at radius 3 is 2.88 bits per heavy atom. The van der Waals surface area contributed by atoms with Crippen LogP contribution < -0.4 is 11.1 Å². The van der Waals surface area contributed by atoms with Crippen molar-refractivity contribution in [3.05, 3.63) is 17.8 Å². The lowest BCUT2D eigenvalue weighted by atomic mass is 10.1. The molecule has 0 saturated carbocycles. The number of aryl methyl sites for hydroxylation is 1. The largest absolute Gasteiger partial charge is 0.397 e. The number of thioether (sulfide) groups is 1. The molecule has 16 heavy (non-hydrogen) atoms. The molecule has 1 aromatic rings. The summed E-state index contributed by atoms with van der Waals surface area (Å²) in [7, 11) is 0. The fourth-order valence-corrected chi connectivity index (χ4v) is 2.14. The monoisotopic (exact) mass is 241 g/mol. The van der Waals surface area contributed by atoms with Crippen molar-refractivity contribution in [1.29, 1.82) is 0 Å². The summed E-state index contributed by atoms with van der Waals surface area (Å²) in [5, 5.41) is 13.1. The van der Waals surface area contributed by atoms with Crippen molar-refractivity contribution in [3.8, 4) is 0 Å². The minimum atomic E-state index is -0.727. The zero-order valence-electron chi connectivity index (χ0n) is 9.95. The Balaban J connectivity index is 2.61. The van der Waals surface area contributed by atoms with Gasteiger partial charge in [-0.15, -0.1) is 0 Å². The van der Waals surface area contributed by atoms with Gasteiger partial charge in [-0.2, -0.15) is 11.8 Å². The van der Waals surface area contributed by atoms with Gasteiger partial charge in [0.25, 0.3) is 0 Å². The first kappa shape index (κ1) is 13.1. The molecular weight excluding hydrogens is 222 g/mol. The summed E-state index contributed by atoms with van der Waals surface area (Å²) >= 11 is 1.62. The number of hydrogen-bond donors (Lipinski definition) is 3. The van der Waals surface area contributed by atoms with Crippen LogP contribution in [-0.4, -0.2) is 34.2 Å². The number of aliphatic hydroxyl groups is 1. The lowest BCUT2D eigenvalue weighted by Crippen LogP contribution is -2.36. The maximum atomic E-state index is 9.99. The highest BCUT2D eigenvalue weighted by atomic mass is 32.2. The molecule has 0 aliphatic rings. The lowest BCUT2D eigenvalue weighted by molar-refractivity contribution is 0.0996. The molecule has 0 radical (unpaired) electrons. The maximum Gasteiger partial charge on any atom is 0.129 e. The van der Waals surface area contributed by atoms with Gasteiger partial charge in [-0.3, -0.25) is 0 Å². The molecule has 0 saturated heterocycles. The first-order valence-corrected chi connectivity index (χ1v) is 6.51. The minimum Gasteiger partial charge on any atom is -0.397 e. The Morgan fingerprint density at radius 1 is 1.62 bits per heavy atom. The smallest absolute Gasteiger partial charge is 0.129 e. The highest BCUT2D eigenvalue weighted by molar-refractivity contribution is 7.98. The van der Waals surface area contributed by atoms with Crippen LogP contribution in [-0.2, 0) is 0 Å². The van der Waals surface area contributed by atoms with Crippen molar-refractivity contribution >= 4 is 23.3 Å². The SMILES string of the molecule is CSCC(C)(O)CNc1ncc(N)cc1C. The van der Waals surface area contributed by atoms with Crippen LogP contribution in [0.15, 0.2) is 12.3 Å². The molecule has 0 aliphatic heterocycles. The molecule has 1 rings (SSSR count). The van der Waals surface area contributed by atoms with E-state index in [9.17, 15) is 5.11 Å². The molecule has 5 heteroatoms. The third-order valence-electron chi connectivity index (χ3n) is 2.19. The molecule has 0 aromatic carbocycles. The van der Waals surface area contributed by atoms with E-state index in [0.717, 1.165) is 11.4 Å². The first-order valence-electron chi connectivity index (χ1n) is 5.12. The number of hydrogen-bond acceptors (Lipinski definition) is 5. The third kappa shape index (κ3) is 3.90. The summed E-state index contributed by atoms with van der Waals surface area (Å²) in [6, 6.07) is 1.86. The molecule has 0 spiro atoms. The Kier molecular flexibility index (Phi) is 4.44. The summed E-state index contributed by atoms with van der Waals surface area (Å²) in [5.74, 6) is 1.46. The van der Waals surface area contributed by atoms with Gasteiger partial charge in [0.1, 0.15) is 5.82 Å². The number of nitrogen functional groups attached to an aromatic ring is 1. The number of aromatic nitrogens is 1. The van der Waals surface area contributed by atoms with Gasteiger partial charge >= 0.3 is 0 Å².